The van der Waals surface area contributed by atoms with Crippen molar-refractivity contribution in [1.29, 1.82) is 0 Å². The van der Waals surface area contributed by atoms with Crippen LogP contribution in [0.2, 0.25) is 0 Å². The first-order valence-corrected chi connectivity index (χ1v) is 5.51. The van der Waals surface area contributed by atoms with Crippen molar-refractivity contribution in [1.82, 2.24) is 0 Å². The Hall–Kier alpha value is -0.0800. The summed E-state index contributed by atoms with van der Waals surface area (Å²) in [4.78, 5) is 0. The third-order valence-corrected chi connectivity index (χ3v) is 2.85. The maximum absolute atomic E-state index is 5.77. The second kappa shape index (κ2) is 5.61. The van der Waals surface area contributed by atoms with Gasteiger partial charge in [0.05, 0.1) is 0 Å². The second-order valence-electron chi connectivity index (χ2n) is 4.61. The molecule has 0 aromatic carbocycles. The molecule has 0 radical (unpaired) electrons. The number of ether oxygens (including phenoxy) is 1. The maximum atomic E-state index is 5.77. The van der Waals surface area contributed by atoms with E-state index in [-0.39, 0.29) is 0 Å². The van der Waals surface area contributed by atoms with Crippen LogP contribution in [0, 0.1) is 11.8 Å². The minimum atomic E-state index is 0.356. The van der Waals surface area contributed by atoms with E-state index in [2.05, 4.69) is 13.8 Å². The van der Waals surface area contributed by atoms with Gasteiger partial charge in [0.15, 0.2) is 0 Å². The molecule has 0 aliphatic carbocycles. The molecule has 1 fully saturated rings. The van der Waals surface area contributed by atoms with Crippen molar-refractivity contribution < 1.29 is 4.74 Å². The van der Waals surface area contributed by atoms with Crippen LogP contribution in [0.4, 0.5) is 0 Å². The zero-order chi connectivity index (χ0) is 9.68. The average Bonchev–Trinajstić information content (AvgIpc) is 2.04. The van der Waals surface area contributed by atoms with Gasteiger partial charge in [0.2, 0.25) is 0 Å². The van der Waals surface area contributed by atoms with Gasteiger partial charge in [-0.25, -0.2) is 0 Å². The lowest BCUT2D eigenvalue weighted by atomic mass is 9.87. The Morgan fingerprint density at radius 2 is 1.92 bits per heavy atom. The molecule has 1 heterocycles. The summed E-state index contributed by atoms with van der Waals surface area (Å²) in [5, 5.41) is 0. The van der Waals surface area contributed by atoms with Gasteiger partial charge in [-0.15, -0.1) is 0 Å². The Kier molecular flexibility index (Phi) is 4.74. The molecular weight excluding hydrogens is 162 g/mol. The van der Waals surface area contributed by atoms with E-state index in [1.807, 2.05) is 0 Å². The first-order chi connectivity index (χ1) is 6.18. The van der Waals surface area contributed by atoms with Crippen LogP contribution >= 0.6 is 0 Å². The van der Waals surface area contributed by atoms with Gasteiger partial charge < -0.3 is 10.5 Å². The standard InChI is InChI=1S/C11H23NO/c1-9(7-10(2)12)8-11-3-5-13-6-4-11/h9-11H,3-8,12H2,1-2H3. The molecule has 2 atom stereocenters. The number of hydrogen-bond acceptors (Lipinski definition) is 2. The summed E-state index contributed by atoms with van der Waals surface area (Å²) < 4.78 is 5.34. The Morgan fingerprint density at radius 3 is 2.46 bits per heavy atom. The van der Waals surface area contributed by atoms with Crippen molar-refractivity contribution in [3.8, 4) is 0 Å². The predicted octanol–water partition coefficient (Wildman–Crippen LogP) is 2.18. The van der Waals surface area contributed by atoms with Crippen molar-refractivity contribution in [2.45, 2.75) is 45.6 Å². The van der Waals surface area contributed by atoms with Crippen LogP contribution in [0.15, 0.2) is 0 Å². The van der Waals surface area contributed by atoms with Crippen molar-refractivity contribution in [3.05, 3.63) is 0 Å². The summed E-state index contributed by atoms with van der Waals surface area (Å²) in [6.07, 6.45) is 5.01. The fourth-order valence-electron chi connectivity index (χ4n) is 2.28. The molecule has 0 aromatic rings. The minimum Gasteiger partial charge on any atom is -0.381 e. The van der Waals surface area contributed by atoms with Crippen molar-refractivity contribution in [2.75, 3.05) is 13.2 Å². The van der Waals surface area contributed by atoms with Gasteiger partial charge in [0, 0.05) is 19.3 Å². The van der Waals surface area contributed by atoms with Crippen molar-refractivity contribution in [2.24, 2.45) is 17.6 Å². The van der Waals surface area contributed by atoms with Crippen LogP contribution < -0.4 is 5.73 Å². The third-order valence-electron chi connectivity index (χ3n) is 2.85. The van der Waals surface area contributed by atoms with E-state index in [4.69, 9.17) is 10.5 Å². The highest BCUT2D eigenvalue weighted by molar-refractivity contribution is 4.69. The summed E-state index contributed by atoms with van der Waals surface area (Å²) in [5.74, 6) is 1.67. The topological polar surface area (TPSA) is 35.2 Å². The van der Waals surface area contributed by atoms with E-state index in [1.165, 1.54) is 19.3 Å². The summed E-state index contributed by atoms with van der Waals surface area (Å²) in [6.45, 7) is 6.35. The highest BCUT2D eigenvalue weighted by Crippen LogP contribution is 2.24. The Bertz CT molecular complexity index is 130. The molecule has 1 aliphatic rings. The average molecular weight is 185 g/mol. The minimum absolute atomic E-state index is 0.356. The van der Waals surface area contributed by atoms with Crippen molar-refractivity contribution in [3.63, 3.8) is 0 Å². The van der Waals surface area contributed by atoms with Gasteiger partial charge in [0.1, 0.15) is 0 Å². The quantitative estimate of drug-likeness (QED) is 0.728. The molecule has 1 saturated heterocycles. The SMILES string of the molecule is CC(N)CC(C)CC1CCOCC1. The van der Waals surface area contributed by atoms with Gasteiger partial charge in [-0.3, -0.25) is 0 Å². The third kappa shape index (κ3) is 4.63. The number of hydrogen-bond donors (Lipinski definition) is 1. The number of rotatable bonds is 4. The van der Waals surface area contributed by atoms with E-state index in [0.717, 1.165) is 31.5 Å². The van der Waals surface area contributed by atoms with Gasteiger partial charge in [-0.1, -0.05) is 6.92 Å². The van der Waals surface area contributed by atoms with Crippen LogP contribution in [-0.4, -0.2) is 19.3 Å². The molecular formula is C11H23NO. The second-order valence-corrected chi connectivity index (χ2v) is 4.61. The molecule has 0 bridgehead atoms. The zero-order valence-corrected chi connectivity index (χ0v) is 8.96. The van der Waals surface area contributed by atoms with E-state index in [1.54, 1.807) is 0 Å². The molecule has 78 valence electrons. The van der Waals surface area contributed by atoms with Crippen LogP contribution in [0.3, 0.4) is 0 Å². The first-order valence-electron chi connectivity index (χ1n) is 5.51. The predicted molar refractivity (Wildman–Crippen MR) is 55.6 cm³/mol. The molecule has 2 unspecified atom stereocenters. The molecule has 2 nitrogen and oxygen atoms in total. The van der Waals surface area contributed by atoms with Crippen LogP contribution in [-0.2, 0) is 4.74 Å². The summed E-state index contributed by atoms with van der Waals surface area (Å²) >= 11 is 0. The maximum Gasteiger partial charge on any atom is 0.0468 e. The van der Waals surface area contributed by atoms with E-state index in [9.17, 15) is 0 Å². The van der Waals surface area contributed by atoms with Gasteiger partial charge >= 0.3 is 0 Å². The summed E-state index contributed by atoms with van der Waals surface area (Å²) in [7, 11) is 0. The van der Waals surface area contributed by atoms with E-state index in [0.29, 0.717) is 6.04 Å². The van der Waals surface area contributed by atoms with E-state index < -0.39 is 0 Å². The van der Waals surface area contributed by atoms with Crippen LogP contribution in [0.25, 0.3) is 0 Å². The fraction of sp³-hybridized carbons (Fsp3) is 1.00. The zero-order valence-electron chi connectivity index (χ0n) is 8.96. The molecule has 13 heavy (non-hydrogen) atoms. The number of nitrogens with two attached hydrogens (primary N) is 1. The highest BCUT2D eigenvalue weighted by Gasteiger charge is 2.17. The molecule has 0 saturated carbocycles. The Morgan fingerprint density at radius 1 is 1.31 bits per heavy atom. The monoisotopic (exact) mass is 185 g/mol. The lowest BCUT2D eigenvalue weighted by molar-refractivity contribution is 0.0587. The summed E-state index contributed by atoms with van der Waals surface area (Å²) in [5.41, 5.74) is 5.77. The molecule has 1 aliphatic heterocycles. The highest BCUT2D eigenvalue weighted by atomic mass is 16.5. The molecule has 0 aromatic heterocycles. The summed E-state index contributed by atoms with van der Waals surface area (Å²) in [6, 6.07) is 0.356. The molecule has 0 spiro atoms. The molecule has 0 amide bonds. The van der Waals surface area contributed by atoms with Gasteiger partial charge in [-0.2, -0.15) is 0 Å². The van der Waals surface area contributed by atoms with Gasteiger partial charge in [0.25, 0.3) is 0 Å². The fourth-order valence-corrected chi connectivity index (χ4v) is 2.28. The largest absolute Gasteiger partial charge is 0.381 e. The Labute approximate surface area is 81.8 Å². The molecule has 2 N–H and O–H groups in total. The normalized spacial score (nSPS) is 24.2. The smallest absolute Gasteiger partial charge is 0.0468 e. The lowest BCUT2D eigenvalue weighted by Gasteiger charge is -2.25. The molecule has 2 heteroatoms. The lowest BCUT2D eigenvalue weighted by Crippen LogP contribution is -2.22. The van der Waals surface area contributed by atoms with E-state index >= 15 is 0 Å². The van der Waals surface area contributed by atoms with Crippen molar-refractivity contribution >= 4 is 0 Å². The van der Waals surface area contributed by atoms with Crippen LogP contribution in [0.5, 0.6) is 0 Å². The Balaban J connectivity index is 2.14. The van der Waals surface area contributed by atoms with Gasteiger partial charge in [-0.05, 0) is 44.4 Å². The molecule has 1 rings (SSSR count). The first kappa shape index (κ1) is 11.0. The van der Waals surface area contributed by atoms with Crippen LogP contribution in [0.1, 0.15) is 39.5 Å².